The molecule has 46 heavy (non-hydrogen) atoms. The van der Waals surface area contributed by atoms with E-state index in [9.17, 15) is 9.59 Å². The van der Waals surface area contributed by atoms with Crippen LogP contribution in [0.2, 0.25) is 0 Å². The van der Waals surface area contributed by atoms with Gasteiger partial charge in [0.2, 0.25) is 0 Å². The zero-order valence-electron chi connectivity index (χ0n) is 25.9. The molecule has 4 heterocycles. The standard InChI is InChI=1S/C36H37N5O4S/c1-22-10-12-27(14-23(22)2)38-36(46)39-29-16-25(35(43)37-17-28-21-44-32-7-3-4-8-33(32)45-28)11-13-31(29)40-18-24-15-26(20-40)30-6-5-9-34(42)41(30)19-24/h3-14,16,24,26,28H,15,17-21H2,1-2H3,(H,37,43)(H2,38,39,46)/t24-,26+,28+/m1/s1. The van der Waals surface area contributed by atoms with E-state index in [1.807, 2.05) is 59.2 Å². The molecule has 0 spiro atoms. The molecule has 1 amide bonds. The fraction of sp³-hybridized carbons (Fsp3) is 0.306. The Balaban J connectivity index is 1.12. The maximum atomic E-state index is 13.4. The lowest BCUT2D eigenvalue weighted by Gasteiger charge is -2.44. The molecule has 1 saturated heterocycles. The van der Waals surface area contributed by atoms with Gasteiger partial charge in [-0.2, -0.15) is 0 Å². The quantitative estimate of drug-likeness (QED) is 0.240. The SMILES string of the molecule is Cc1ccc(NC(=S)Nc2cc(C(=O)NC[C@H]3COc4ccccc4O3)ccc2N2C[C@H]3C[C@@H](C2)c2cccc(=O)n2C3)cc1C. The molecular weight excluding hydrogens is 598 g/mol. The minimum atomic E-state index is -0.298. The lowest BCUT2D eigenvalue weighted by molar-refractivity contribution is 0.0789. The molecule has 3 aromatic carbocycles. The average Bonchev–Trinajstić information content (AvgIpc) is 3.05. The van der Waals surface area contributed by atoms with Gasteiger partial charge in [-0.05, 0) is 98.1 Å². The maximum absolute atomic E-state index is 13.4. The van der Waals surface area contributed by atoms with Crippen LogP contribution in [0.3, 0.4) is 0 Å². The molecule has 1 aromatic heterocycles. The van der Waals surface area contributed by atoms with Crippen LogP contribution in [0.25, 0.3) is 0 Å². The van der Waals surface area contributed by atoms with Gasteiger partial charge in [0, 0.05) is 48.6 Å². The molecule has 3 atom stereocenters. The maximum Gasteiger partial charge on any atom is 0.251 e. The molecule has 0 unspecified atom stereocenters. The third-order valence-electron chi connectivity index (χ3n) is 9.15. The molecule has 3 aliphatic rings. The number of aryl methyl sites for hydroxylation is 2. The Morgan fingerprint density at radius 2 is 1.76 bits per heavy atom. The first-order chi connectivity index (χ1) is 22.3. The first-order valence-electron chi connectivity index (χ1n) is 15.7. The highest BCUT2D eigenvalue weighted by Gasteiger charge is 2.35. The van der Waals surface area contributed by atoms with Gasteiger partial charge in [0.05, 0.1) is 17.9 Å². The van der Waals surface area contributed by atoms with Crippen molar-refractivity contribution in [3.63, 3.8) is 0 Å². The number of fused-ring (bicyclic) bond motifs is 5. The highest BCUT2D eigenvalue weighted by molar-refractivity contribution is 7.80. The van der Waals surface area contributed by atoms with Crippen molar-refractivity contribution in [1.82, 2.24) is 9.88 Å². The number of hydrogen-bond acceptors (Lipinski definition) is 6. The summed E-state index contributed by atoms with van der Waals surface area (Å²) >= 11 is 5.77. The molecule has 2 bridgehead atoms. The summed E-state index contributed by atoms with van der Waals surface area (Å²) in [6.45, 7) is 7.07. The first-order valence-corrected chi connectivity index (χ1v) is 16.1. The number of nitrogens with zero attached hydrogens (tertiary/aromatic N) is 2. The number of pyridine rings is 1. The number of rotatable bonds is 6. The normalized spacial score (nSPS) is 19.5. The summed E-state index contributed by atoms with van der Waals surface area (Å²) in [5.41, 5.74) is 6.63. The molecule has 3 aliphatic heterocycles. The van der Waals surface area contributed by atoms with Crippen molar-refractivity contribution in [2.45, 2.75) is 38.8 Å². The van der Waals surface area contributed by atoms with Gasteiger partial charge in [-0.3, -0.25) is 9.59 Å². The lowest BCUT2D eigenvalue weighted by Crippen LogP contribution is -2.47. The Labute approximate surface area is 273 Å². The summed E-state index contributed by atoms with van der Waals surface area (Å²) in [7, 11) is 0. The van der Waals surface area contributed by atoms with Crippen LogP contribution in [0.5, 0.6) is 11.5 Å². The molecule has 7 rings (SSSR count). The zero-order chi connectivity index (χ0) is 31.8. The van der Waals surface area contributed by atoms with E-state index < -0.39 is 0 Å². The van der Waals surface area contributed by atoms with E-state index in [4.69, 9.17) is 21.7 Å². The van der Waals surface area contributed by atoms with Crippen LogP contribution in [-0.4, -0.2) is 47.9 Å². The van der Waals surface area contributed by atoms with Crippen molar-refractivity contribution in [2.75, 3.05) is 41.8 Å². The molecule has 0 aliphatic carbocycles. The van der Waals surface area contributed by atoms with Crippen LogP contribution < -0.4 is 35.9 Å². The fourth-order valence-electron chi connectivity index (χ4n) is 6.72. The van der Waals surface area contributed by atoms with Gasteiger partial charge < -0.3 is 34.9 Å². The van der Waals surface area contributed by atoms with Crippen molar-refractivity contribution in [2.24, 2.45) is 5.92 Å². The summed E-state index contributed by atoms with van der Waals surface area (Å²) in [5, 5.41) is 10.1. The largest absolute Gasteiger partial charge is 0.486 e. The van der Waals surface area contributed by atoms with E-state index in [1.54, 1.807) is 6.07 Å². The van der Waals surface area contributed by atoms with E-state index in [0.717, 1.165) is 42.3 Å². The number of nitrogens with one attached hydrogen (secondary N) is 3. The molecule has 3 N–H and O–H groups in total. The van der Waals surface area contributed by atoms with Crippen LogP contribution >= 0.6 is 12.2 Å². The van der Waals surface area contributed by atoms with E-state index in [-0.39, 0.29) is 23.5 Å². The highest BCUT2D eigenvalue weighted by Crippen LogP contribution is 2.39. The summed E-state index contributed by atoms with van der Waals surface area (Å²) in [6, 6.07) is 24.9. The summed E-state index contributed by atoms with van der Waals surface area (Å²) in [5.74, 6) is 1.74. The summed E-state index contributed by atoms with van der Waals surface area (Å²) in [4.78, 5) is 28.4. The average molecular weight is 636 g/mol. The van der Waals surface area contributed by atoms with Crippen LogP contribution in [0.15, 0.2) is 83.7 Å². The van der Waals surface area contributed by atoms with Crippen LogP contribution in [0.4, 0.5) is 17.1 Å². The molecule has 4 aromatic rings. The van der Waals surface area contributed by atoms with Crippen molar-refractivity contribution in [1.29, 1.82) is 0 Å². The molecule has 236 valence electrons. The van der Waals surface area contributed by atoms with E-state index in [1.165, 1.54) is 11.1 Å². The Morgan fingerprint density at radius 3 is 2.61 bits per heavy atom. The number of ether oxygens (including phenoxy) is 2. The second kappa shape index (κ2) is 12.5. The smallest absolute Gasteiger partial charge is 0.251 e. The van der Waals surface area contributed by atoms with Gasteiger partial charge in [-0.15, -0.1) is 0 Å². The van der Waals surface area contributed by atoms with E-state index >= 15 is 0 Å². The minimum absolute atomic E-state index is 0.0653. The van der Waals surface area contributed by atoms with Crippen molar-refractivity contribution in [3.8, 4) is 11.5 Å². The predicted octanol–water partition coefficient (Wildman–Crippen LogP) is 5.47. The Kier molecular flexibility index (Phi) is 8.12. The number of para-hydroxylation sites is 2. The second-order valence-electron chi connectivity index (χ2n) is 12.4. The number of piperidine rings is 1. The topological polar surface area (TPSA) is 96.9 Å². The third kappa shape index (κ3) is 6.17. The van der Waals surface area contributed by atoms with Crippen LogP contribution in [-0.2, 0) is 6.54 Å². The van der Waals surface area contributed by atoms with Gasteiger partial charge in [0.25, 0.3) is 11.5 Å². The minimum Gasteiger partial charge on any atom is -0.486 e. The third-order valence-corrected chi connectivity index (χ3v) is 9.35. The number of anilines is 3. The number of amides is 1. The van der Waals surface area contributed by atoms with E-state index in [2.05, 4.69) is 52.9 Å². The number of carbonyl (C=O) groups excluding carboxylic acids is 1. The zero-order valence-corrected chi connectivity index (χ0v) is 26.7. The highest BCUT2D eigenvalue weighted by atomic mass is 32.1. The first kappa shape index (κ1) is 29.9. The van der Waals surface area contributed by atoms with Gasteiger partial charge in [-0.25, -0.2) is 0 Å². The van der Waals surface area contributed by atoms with Crippen LogP contribution in [0, 0.1) is 19.8 Å². The summed E-state index contributed by atoms with van der Waals surface area (Å²) < 4.78 is 13.8. The number of aromatic nitrogens is 1. The van der Waals surface area contributed by atoms with Gasteiger partial charge in [0.1, 0.15) is 12.7 Å². The molecule has 1 fully saturated rings. The van der Waals surface area contributed by atoms with Crippen LogP contribution in [0.1, 0.15) is 39.5 Å². The Hall–Kier alpha value is -4.83. The summed E-state index contributed by atoms with van der Waals surface area (Å²) in [6.07, 6.45) is 0.751. The molecule has 10 heteroatoms. The monoisotopic (exact) mass is 635 g/mol. The second-order valence-corrected chi connectivity index (χ2v) is 12.8. The Bertz CT molecular complexity index is 1870. The molecule has 0 radical (unpaired) electrons. The number of benzene rings is 3. The number of carbonyl (C=O) groups is 1. The van der Waals surface area contributed by atoms with Gasteiger partial charge in [-0.1, -0.05) is 24.3 Å². The molecule has 0 saturated carbocycles. The number of hydrogen-bond donors (Lipinski definition) is 3. The predicted molar refractivity (Wildman–Crippen MR) is 185 cm³/mol. The van der Waals surface area contributed by atoms with Gasteiger partial charge >= 0.3 is 0 Å². The fourth-order valence-corrected chi connectivity index (χ4v) is 6.95. The van der Waals surface area contributed by atoms with Crippen molar-refractivity contribution in [3.05, 3.63) is 112 Å². The van der Waals surface area contributed by atoms with Crippen molar-refractivity contribution >= 4 is 40.3 Å². The van der Waals surface area contributed by atoms with Gasteiger partial charge in [0.15, 0.2) is 16.6 Å². The van der Waals surface area contributed by atoms with E-state index in [0.29, 0.717) is 47.8 Å². The lowest BCUT2D eigenvalue weighted by atomic mass is 9.83. The molecule has 9 nitrogen and oxygen atoms in total. The Morgan fingerprint density at radius 1 is 0.913 bits per heavy atom. The molecular formula is C36H37N5O4S. The van der Waals surface area contributed by atoms with Crippen molar-refractivity contribution < 1.29 is 14.3 Å². The number of thiocarbonyl (C=S) groups is 1.